The maximum atomic E-state index is 13.2. The van der Waals surface area contributed by atoms with Gasteiger partial charge in [-0.3, -0.25) is 4.90 Å². The lowest BCUT2D eigenvalue weighted by Gasteiger charge is -2.36. The molecule has 2 heterocycles. The van der Waals surface area contributed by atoms with Crippen LogP contribution in [0.2, 0.25) is 0 Å². The Balaban J connectivity index is 1.53. The second kappa shape index (κ2) is 7.81. The van der Waals surface area contributed by atoms with Gasteiger partial charge in [-0.25, -0.2) is 18.5 Å². The molecule has 3 aromatic rings. The SMILES string of the molecule is Cn1c(CN2CCN(c3cc(C(F)(F)F)ccc3S(N)(=O)=O)CC2)nc2ccccc21. The average molecular weight is 453 g/mol. The molecule has 2 N–H and O–H groups in total. The fourth-order valence-electron chi connectivity index (χ4n) is 3.87. The fourth-order valence-corrected chi connectivity index (χ4v) is 4.60. The molecule has 1 saturated heterocycles. The third-order valence-corrected chi connectivity index (χ3v) is 6.51. The molecule has 0 amide bonds. The number of alkyl halides is 3. The summed E-state index contributed by atoms with van der Waals surface area (Å²) in [6.45, 7) is 2.41. The van der Waals surface area contributed by atoms with Gasteiger partial charge >= 0.3 is 6.18 Å². The number of para-hydroxylation sites is 2. The topological polar surface area (TPSA) is 84.5 Å². The molecule has 0 bridgehead atoms. The van der Waals surface area contributed by atoms with E-state index in [1.165, 1.54) is 0 Å². The molecule has 1 fully saturated rings. The van der Waals surface area contributed by atoms with Crippen molar-refractivity contribution in [2.75, 3.05) is 31.1 Å². The van der Waals surface area contributed by atoms with Crippen LogP contribution in [0.15, 0.2) is 47.4 Å². The molecular weight excluding hydrogens is 431 g/mol. The van der Waals surface area contributed by atoms with Gasteiger partial charge in [-0.05, 0) is 30.3 Å². The van der Waals surface area contributed by atoms with Crippen molar-refractivity contribution in [2.24, 2.45) is 12.2 Å². The molecule has 0 atom stereocenters. The first-order valence-corrected chi connectivity index (χ1v) is 11.2. The normalized spacial score (nSPS) is 16.2. The lowest BCUT2D eigenvalue weighted by Crippen LogP contribution is -2.46. The van der Waals surface area contributed by atoms with Gasteiger partial charge in [-0.15, -0.1) is 0 Å². The molecule has 166 valence electrons. The van der Waals surface area contributed by atoms with Crippen LogP contribution in [0.1, 0.15) is 11.4 Å². The summed E-state index contributed by atoms with van der Waals surface area (Å²) in [5.41, 5.74) is 1.01. The van der Waals surface area contributed by atoms with Crippen LogP contribution in [0.4, 0.5) is 18.9 Å². The highest BCUT2D eigenvalue weighted by Gasteiger charge is 2.33. The van der Waals surface area contributed by atoms with E-state index in [1.807, 2.05) is 35.9 Å². The van der Waals surface area contributed by atoms with Crippen LogP contribution in [-0.4, -0.2) is 49.0 Å². The van der Waals surface area contributed by atoms with Gasteiger partial charge in [0.05, 0.1) is 28.8 Å². The molecule has 2 aromatic carbocycles. The summed E-state index contributed by atoms with van der Waals surface area (Å²) in [6.07, 6.45) is -4.58. The third-order valence-electron chi connectivity index (χ3n) is 5.55. The number of sulfonamides is 1. The number of aromatic nitrogens is 2. The minimum Gasteiger partial charge on any atom is -0.368 e. The van der Waals surface area contributed by atoms with E-state index >= 15 is 0 Å². The third kappa shape index (κ3) is 4.39. The van der Waals surface area contributed by atoms with E-state index in [1.54, 1.807) is 4.90 Å². The monoisotopic (exact) mass is 453 g/mol. The Morgan fingerprint density at radius 3 is 2.35 bits per heavy atom. The highest BCUT2D eigenvalue weighted by Crippen LogP contribution is 2.35. The average Bonchev–Trinajstić information content (AvgIpc) is 3.02. The Morgan fingerprint density at radius 2 is 1.74 bits per heavy atom. The summed E-state index contributed by atoms with van der Waals surface area (Å²) < 4.78 is 65.4. The van der Waals surface area contributed by atoms with Crippen molar-refractivity contribution in [1.82, 2.24) is 14.5 Å². The highest BCUT2D eigenvalue weighted by atomic mass is 32.2. The number of nitrogens with zero attached hydrogens (tertiary/aromatic N) is 4. The molecule has 4 rings (SSSR count). The number of halogens is 3. The van der Waals surface area contributed by atoms with E-state index in [0.29, 0.717) is 32.7 Å². The number of primary sulfonamides is 1. The number of hydrogen-bond donors (Lipinski definition) is 1. The van der Waals surface area contributed by atoms with E-state index in [2.05, 4.69) is 9.88 Å². The van der Waals surface area contributed by atoms with E-state index in [9.17, 15) is 21.6 Å². The lowest BCUT2D eigenvalue weighted by atomic mass is 10.1. The van der Waals surface area contributed by atoms with Crippen molar-refractivity contribution < 1.29 is 21.6 Å². The molecule has 0 aliphatic carbocycles. The van der Waals surface area contributed by atoms with Gasteiger partial charge in [-0.1, -0.05) is 12.1 Å². The minimum atomic E-state index is -4.58. The van der Waals surface area contributed by atoms with Gasteiger partial charge in [0.15, 0.2) is 0 Å². The van der Waals surface area contributed by atoms with Gasteiger partial charge in [-0.2, -0.15) is 13.2 Å². The quantitative estimate of drug-likeness (QED) is 0.657. The van der Waals surface area contributed by atoms with Crippen molar-refractivity contribution in [3.8, 4) is 0 Å². The first-order chi connectivity index (χ1) is 14.5. The molecule has 11 heteroatoms. The van der Waals surface area contributed by atoms with Crippen molar-refractivity contribution in [1.29, 1.82) is 0 Å². The summed E-state index contributed by atoms with van der Waals surface area (Å²) in [4.78, 5) is 8.13. The fraction of sp³-hybridized carbons (Fsp3) is 0.350. The molecule has 0 spiro atoms. The highest BCUT2D eigenvalue weighted by molar-refractivity contribution is 7.89. The van der Waals surface area contributed by atoms with Crippen LogP contribution in [-0.2, 0) is 29.8 Å². The first-order valence-electron chi connectivity index (χ1n) is 9.66. The second-order valence-electron chi connectivity index (χ2n) is 7.56. The van der Waals surface area contributed by atoms with Gasteiger partial charge in [0.25, 0.3) is 0 Å². The predicted molar refractivity (Wildman–Crippen MR) is 111 cm³/mol. The van der Waals surface area contributed by atoms with Crippen molar-refractivity contribution >= 4 is 26.7 Å². The van der Waals surface area contributed by atoms with Crippen LogP contribution in [0.25, 0.3) is 11.0 Å². The van der Waals surface area contributed by atoms with E-state index in [0.717, 1.165) is 35.1 Å². The number of imidazole rings is 1. The Hall–Kier alpha value is -2.63. The number of rotatable bonds is 4. The maximum absolute atomic E-state index is 13.2. The molecule has 1 aliphatic rings. The Bertz CT molecular complexity index is 1220. The summed E-state index contributed by atoms with van der Waals surface area (Å²) in [7, 11) is -2.22. The van der Waals surface area contributed by atoms with Crippen LogP contribution < -0.4 is 10.0 Å². The van der Waals surface area contributed by atoms with Crippen LogP contribution in [0.5, 0.6) is 0 Å². The number of nitrogens with two attached hydrogens (primary N) is 1. The number of hydrogen-bond acceptors (Lipinski definition) is 5. The molecule has 31 heavy (non-hydrogen) atoms. The second-order valence-corrected chi connectivity index (χ2v) is 9.09. The zero-order valence-electron chi connectivity index (χ0n) is 16.8. The molecule has 1 aromatic heterocycles. The van der Waals surface area contributed by atoms with E-state index in [-0.39, 0.29) is 10.6 Å². The molecule has 0 radical (unpaired) electrons. The molecule has 7 nitrogen and oxygen atoms in total. The summed E-state index contributed by atoms with van der Waals surface area (Å²) in [5, 5.41) is 5.25. The summed E-state index contributed by atoms with van der Waals surface area (Å²) in [5.74, 6) is 0.888. The standard InChI is InChI=1S/C20H22F3N5O2S/c1-26-16-5-3-2-4-15(16)25-19(26)13-27-8-10-28(11-9-27)17-12-14(20(21,22)23)6-7-18(17)31(24,29)30/h2-7,12H,8-11,13H2,1H3,(H2,24,29,30). The van der Waals surface area contributed by atoms with Crippen molar-refractivity contribution in [3.63, 3.8) is 0 Å². The van der Waals surface area contributed by atoms with Crippen LogP contribution in [0.3, 0.4) is 0 Å². The number of piperazine rings is 1. The van der Waals surface area contributed by atoms with Crippen LogP contribution in [0, 0.1) is 0 Å². The van der Waals surface area contributed by atoms with E-state index < -0.39 is 21.8 Å². The molecule has 1 aliphatic heterocycles. The first kappa shape index (κ1) is 21.6. The minimum absolute atomic E-state index is 0.0142. The number of aryl methyl sites for hydroxylation is 1. The largest absolute Gasteiger partial charge is 0.416 e. The Labute approximate surface area is 177 Å². The van der Waals surface area contributed by atoms with Crippen molar-refractivity contribution in [2.45, 2.75) is 17.6 Å². The van der Waals surface area contributed by atoms with Gasteiger partial charge < -0.3 is 9.47 Å². The predicted octanol–water partition coefficient (Wildman–Crippen LogP) is 2.56. The van der Waals surface area contributed by atoms with Gasteiger partial charge in [0, 0.05) is 33.2 Å². The zero-order valence-corrected chi connectivity index (χ0v) is 17.6. The van der Waals surface area contributed by atoms with Crippen molar-refractivity contribution in [3.05, 3.63) is 53.9 Å². The summed E-state index contributed by atoms with van der Waals surface area (Å²) >= 11 is 0. The molecular formula is C20H22F3N5O2S. The molecule has 0 unspecified atom stereocenters. The van der Waals surface area contributed by atoms with Gasteiger partial charge in [0.2, 0.25) is 10.0 Å². The number of fused-ring (bicyclic) bond motifs is 1. The molecule has 0 saturated carbocycles. The Kier molecular flexibility index (Phi) is 5.44. The van der Waals surface area contributed by atoms with Gasteiger partial charge in [0.1, 0.15) is 10.7 Å². The lowest BCUT2D eigenvalue weighted by molar-refractivity contribution is -0.137. The zero-order chi connectivity index (χ0) is 22.4. The number of anilines is 1. The number of benzene rings is 2. The van der Waals surface area contributed by atoms with E-state index in [4.69, 9.17) is 5.14 Å². The smallest absolute Gasteiger partial charge is 0.368 e. The summed E-state index contributed by atoms with van der Waals surface area (Å²) in [6, 6.07) is 10.3. The maximum Gasteiger partial charge on any atom is 0.416 e. The van der Waals surface area contributed by atoms with Crippen LogP contribution >= 0.6 is 0 Å². The Morgan fingerprint density at radius 1 is 1.06 bits per heavy atom.